The van der Waals surface area contributed by atoms with E-state index in [0.29, 0.717) is 55.4 Å². The SMILES string of the molecule is O=C1[C@H]2CCCC[C@@H]2C(=O)N1c1ccc(N2CCN(c3ccccc3Cl)CC2)c([N+](=O)[O-])c1. The Balaban J connectivity index is 1.38. The highest BCUT2D eigenvalue weighted by atomic mass is 35.5. The van der Waals surface area contributed by atoms with Gasteiger partial charge in [-0.25, -0.2) is 4.90 Å². The molecule has 0 bridgehead atoms. The quantitative estimate of drug-likeness (QED) is 0.378. The molecule has 3 fully saturated rings. The summed E-state index contributed by atoms with van der Waals surface area (Å²) in [6.45, 7) is 2.54. The highest BCUT2D eigenvalue weighted by Crippen LogP contribution is 2.42. The summed E-state index contributed by atoms with van der Waals surface area (Å²) in [6, 6.07) is 12.4. The van der Waals surface area contributed by atoms with E-state index in [-0.39, 0.29) is 29.3 Å². The number of fused-ring (bicyclic) bond motifs is 1. The molecule has 5 rings (SSSR count). The van der Waals surface area contributed by atoms with Gasteiger partial charge in [0.05, 0.1) is 33.2 Å². The fraction of sp³-hybridized carbons (Fsp3) is 0.417. The summed E-state index contributed by atoms with van der Waals surface area (Å²) in [5.41, 5.74) is 1.66. The third kappa shape index (κ3) is 3.82. The second-order valence-electron chi connectivity index (χ2n) is 8.86. The first-order valence-corrected chi connectivity index (χ1v) is 11.7. The van der Waals surface area contributed by atoms with Crippen LogP contribution in [0.5, 0.6) is 0 Å². The average molecular weight is 469 g/mol. The minimum Gasteiger partial charge on any atom is -0.367 e. The van der Waals surface area contributed by atoms with E-state index in [9.17, 15) is 19.7 Å². The molecule has 172 valence electrons. The zero-order valence-corrected chi connectivity index (χ0v) is 18.9. The molecule has 0 unspecified atom stereocenters. The van der Waals surface area contributed by atoms with Gasteiger partial charge in [0.1, 0.15) is 5.69 Å². The Morgan fingerprint density at radius 1 is 0.848 bits per heavy atom. The van der Waals surface area contributed by atoms with Crippen LogP contribution in [0, 0.1) is 22.0 Å². The summed E-state index contributed by atoms with van der Waals surface area (Å²) < 4.78 is 0. The van der Waals surface area contributed by atoms with Crippen LogP contribution < -0.4 is 14.7 Å². The predicted molar refractivity (Wildman–Crippen MR) is 127 cm³/mol. The van der Waals surface area contributed by atoms with Crippen molar-refractivity contribution in [2.75, 3.05) is 40.9 Å². The molecule has 2 amide bonds. The van der Waals surface area contributed by atoms with Gasteiger partial charge in [0.25, 0.3) is 5.69 Å². The molecule has 2 saturated heterocycles. The number of hydrogen-bond acceptors (Lipinski definition) is 6. The van der Waals surface area contributed by atoms with Crippen molar-refractivity contribution in [2.24, 2.45) is 11.8 Å². The number of hydrogen-bond donors (Lipinski definition) is 0. The second kappa shape index (κ2) is 8.67. The Kier molecular flexibility index (Phi) is 5.70. The van der Waals surface area contributed by atoms with Gasteiger partial charge in [-0.1, -0.05) is 36.6 Å². The van der Waals surface area contributed by atoms with Crippen molar-refractivity contribution in [1.82, 2.24) is 0 Å². The molecule has 0 aromatic heterocycles. The van der Waals surface area contributed by atoms with Gasteiger partial charge >= 0.3 is 0 Å². The summed E-state index contributed by atoms with van der Waals surface area (Å²) in [4.78, 5) is 42.7. The number of piperazine rings is 1. The molecule has 33 heavy (non-hydrogen) atoms. The molecule has 8 nitrogen and oxygen atoms in total. The highest BCUT2D eigenvalue weighted by molar-refractivity contribution is 6.33. The lowest BCUT2D eigenvalue weighted by molar-refractivity contribution is -0.384. The van der Waals surface area contributed by atoms with Crippen LogP contribution in [0.25, 0.3) is 0 Å². The third-order valence-corrected chi connectivity index (χ3v) is 7.39. The third-order valence-electron chi connectivity index (χ3n) is 7.07. The number of carbonyl (C=O) groups is 2. The number of amides is 2. The minimum absolute atomic E-state index is 0.0887. The number of benzene rings is 2. The molecule has 0 N–H and O–H groups in total. The minimum atomic E-state index is -0.433. The molecule has 2 heterocycles. The summed E-state index contributed by atoms with van der Waals surface area (Å²) in [6.07, 6.45) is 3.30. The van der Waals surface area contributed by atoms with Crippen molar-refractivity contribution in [1.29, 1.82) is 0 Å². The highest BCUT2D eigenvalue weighted by Gasteiger charge is 2.49. The molecule has 2 aromatic rings. The van der Waals surface area contributed by atoms with Crippen molar-refractivity contribution >= 4 is 46.2 Å². The van der Waals surface area contributed by atoms with E-state index < -0.39 is 4.92 Å². The number of para-hydroxylation sites is 1. The molecule has 3 aliphatic rings. The number of halogens is 1. The molecular weight excluding hydrogens is 444 g/mol. The lowest BCUT2D eigenvalue weighted by Crippen LogP contribution is -2.46. The Hall–Kier alpha value is -3.13. The normalized spacial score (nSPS) is 23.1. The lowest BCUT2D eigenvalue weighted by Gasteiger charge is -2.37. The van der Waals surface area contributed by atoms with E-state index in [1.807, 2.05) is 29.2 Å². The molecule has 2 atom stereocenters. The van der Waals surface area contributed by atoms with Gasteiger partial charge in [-0.2, -0.15) is 0 Å². The van der Waals surface area contributed by atoms with Crippen LogP contribution in [0.4, 0.5) is 22.7 Å². The Labute approximate surface area is 196 Å². The molecule has 0 spiro atoms. The summed E-state index contributed by atoms with van der Waals surface area (Å²) >= 11 is 6.32. The first-order valence-electron chi connectivity index (χ1n) is 11.4. The van der Waals surface area contributed by atoms with Crippen molar-refractivity contribution in [3.8, 4) is 0 Å². The fourth-order valence-corrected chi connectivity index (χ4v) is 5.63. The summed E-state index contributed by atoms with van der Waals surface area (Å²) in [7, 11) is 0. The number of imide groups is 1. The molecule has 9 heteroatoms. The van der Waals surface area contributed by atoms with Crippen LogP contribution in [-0.2, 0) is 9.59 Å². The Morgan fingerprint density at radius 2 is 1.42 bits per heavy atom. The van der Waals surface area contributed by atoms with Gasteiger partial charge in [-0.15, -0.1) is 0 Å². The van der Waals surface area contributed by atoms with E-state index >= 15 is 0 Å². The van der Waals surface area contributed by atoms with E-state index in [1.54, 1.807) is 12.1 Å². The second-order valence-corrected chi connectivity index (χ2v) is 9.27. The fourth-order valence-electron chi connectivity index (χ4n) is 5.38. The van der Waals surface area contributed by atoms with Gasteiger partial charge in [-0.3, -0.25) is 19.7 Å². The summed E-state index contributed by atoms with van der Waals surface area (Å²) in [5.74, 6) is -1.02. The van der Waals surface area contributed by atoms with Crippen LogP contribution >= 0.6 is 11.6 Å². The number of carbonyl (C=O) groups excluding carboxylic acids is 2. The monoisotopic (exact) mass is 468 g/mol. The van der Waals surface area contributed by atoms with Gasteiger partial charge in [0, 0.05) is 32.2 Å². The molecule has 1 aliphatic carbocycles. The zero-order chi connectivity index (χ0) is 23.1. The van der Waals surface area contributed by atoms with Crippen LogP contribution in [-0.4, -0.2) is 42.9 Å². The van der Waals surface area contributed by atoms with Gasteiger partial charge in [-0.05, 0) is 37.1 Å². The number of anilines is 3. The molecule has 2 aromatic carbocycles. The Bertz CT molecular complexity index is 1090. The first-order chi connectivity index (χ1) is 16.0. The first kappa shape index (κ1) is 21.7. The van der Waals surface area contributed by atoms with E-state index in [4.69, 9.17) is 11.6 Å². The Morgan fingerprint density at radius 3 is 2.00 bits per heavy atom. The summed E-state index contributed by atoms with van der Waals surface area (Å²) in [5, 5.41) is 12.6. The number of rotatable bonds is 4. The van der Waals surface area contributed by atoms with Gasteiger partial charge in [0.15, 0.2) is 0 Å². The van der Waals surface area contributed by atoms with Crippen LogP contribution in [0.15, 0.2) is 42.5 Å². The van der Waals surface area contributed by atoms with Crippen molar-refractivity contribution in [3.05, 3.63) is 57.6 Å². The molecule has 0 radical (unpaired) electrons. The standard InChI is InChI=1S/C24H25ClN4O4/c25-19-7-3-4-8-20(19)26-11-13-27(14-12-26)21-10-9-16(15-22(21)29(32)33)28-23(30)17-5-1-2-6-18(17)24(28)31/h3-4,7-10,15,17-18H,1-2,5-6,11-14H2/t17-,18-/m0/s1. The van der Waals surface area contributed by atoms with Gasteiger partial charge in [0.2, 0.25) is 11.8 Å². The predicted octanol–water partition coefficient (Wildman–Crippen LogP) is 4.25. The maximum atomic E-state index is 12.9. The molecule has 1 saturated carbocycles. The maximum Gasteiger partial charge on any atom is 0.294 e. The lowest BCUT2D eigenvalue weighted by atomic mass is 9.81. The van der Waals surface area contributed by atoms with Crippen LogP contribution in [0.3, 0.4) is 0 Å². The van der Waals surface area contributed by atoms with E-state index in [0.717, 1.165) is 18.5 Å². The van der Waals surface area contributed by atoms with Gasteiger partial charge < -0.3 is 9.80 Å². The average Bonchev–Trinajstić information content (AvgIpc) is 3.09. The number of nitrogens with zero attached hydrogens (tertiary/aromatic N) is 4. The van der Waals surface area contributed by atoms with Crippen molar-refractivity contribution in [2.45, 2.75) is 25.7 Å². The maximum absolute atomic E-state index is 12.9. The van der Waals surface area contributed by atoms with E-state index in [1.165, 1.54) is 11.0 Å². The molecule has 2 aliphatic heterocycles. The van der Waals surface area contributed by atoms with Crippen molar-refractivity contribution in [3.63, 3.8) is 0 Å². The van der Waals surface area contributed by atoms with Crippen molar-refractivity contribution < 1.29 is 14.5 Å². The topological polar surface area (TPSA) is 87.0 Å². The van der Waals surface area contributed by atoms with Crippen LogP contribution in [0.2, 0.25) is 5.02 Å². The molecular formula is C24H25ClN4O4. The number of nitro groups is 1. The smallest absolute Gasteiger partial charge is 0.294 e. The zero-order valence-electron chi connectivity index (χ0n) is 18.2. The largest absolute Gasteiger partial charge is 0.367 e. The number of nitro benzene ring substituents is 1. The van der Waals surface area contributed by atoms with Crippen LogP contribution in [0.1, 0.15) is 25.7 Å². The van der Waals surface area contributed by atoms with E-state index in [2.05, 4.69) is 4.90 Å².